The summed E-state index contributed by atoms with van der Waals surface area (Å²) in [5.74, 6) is 1.60. The van der Waals surface area contributed by atoms with Gasteiger partial charge in [-0.3, -0.25) is 9.89 Å². The number of hydrogen-bond donors (Lipinski definition) is 3. The van der Waals surface area contributed by atoms with Gasteiger partial charge in [-0.15, -0.1) is 0 Å². The summed E-state index contributed by atoms with van der Waals surface area (Å²) in [6.45, 7) is 0.824. The normalized spacial score (nSPS) is 10.5. The number of thioether (sulfide) groups is 1. The van der Waals surface area contributed by atoms with Gasteiger partial charge >= 0.3 is 0 Å². The summed E-state index contributed by atoms with van der Waals surface area (Å²) < 4.78 is 0. The van der Waals surface area contributed by atoms with Gasteiger partial charge in [-0.25, -0.2) is 0 Å². The fraction of sp³-hybridized carbons (Fsp3) is 0.333. The fourth-order valence-corrected chi connectivity index (χ4v) is 2.58. The molecule has 0 atom stereocenters. The molecule has 0 bridgehead atoms. The first-order valence-corrected chi connectivity index (χ1v) is 8.04. The van der Waals surface area contributed by atoms with Crippen molar-refractivity contribution < 1.29 is 9.90 Å². The number of benzene rings is 1. The highest BCUT2D eigenvalue weighted by Gasteiger charge is 2.10. The third kappa shape index (κ3) is 4.91. The van der Waals surface area contributed by atoms with Crippen LogP contribution >= 0.6 is 11.8 Å². The van der Waals surface area contributed by atoms with Crippen LogP contribution in [-0.2, 0) is 0 Å². The Hall–Kier alpha value is -1.79. The Bertz CT molecular complexity index is 557. The zero-order chi connectivity index (χ0) is 14.9. The van der Waals surface area contributed by atoms with Crippen LogP contribution in [0.4, 0.5) is 0 Å². The Labute approximate surface area is 128 Å². The number of aliphatic hydroxyl groups is 1. The van der Waals surface area contributed by atoms with E-state index < -0.39 is 0 Å². The molecule has 1 amide bonds. The monoisotopic (exact) mass is 305 g/mol. The SMILES string of the molecule is O=C(NCCSCCCO)c1cc(-c2ccccc2)n[nH]1. The molecule has 0 saturated heterocycles. The van der Waals surface area contributed by atoms with E-state index in [0.717, 1.165) is 29.2 Å². The molecule has 5 nitrogen and oxygen atoms in total. The first-order valence-electron chi connectivity index (χ1n) is 6.89. The molecule has 0 radical (unpaired) electrons. The average Bonchev–Trinajstić information content (AvgIpc) is 3.01. The highest BCUT2D eigenvalue weighted by molar-refractivity contribution is 7.99. The molecule has 1 aromatic carbocycles. The maximum atomic E-state index is 11.9. The van der Waals surface area contributed by atoms with Crippen molar-refractivity contribution in [3.05, 3.63) is 42.1 Å². The van der Waals surface area contributed by atoms with Crippen molar-refractivity contribution in [3.63, 3.8) is 0 Å². The lowest BCUT2D eigenvalue weighted by Crippen LogP contribution is -2.26. The summed E-state index contributed by atoms with van der Waals surface area (Å²) in [4.78, 5) is 11.9. The summed E-state index contributed by atoms with van der Waals surface area (Å²) in [7, 11) is 0. The first kappa shape index (κ1) is 15.6. The molecular weight excluding hydrogens is 286 g/mol. The van der Waals surface area contributed by atoms with E-state index in [1.54, 1.807) is 17.8 Å². The van der Waals surface area contributed by atoms with Gasteiger partial charge in [0.1, 0.15) is 5.69 Å². The van der Waals surface area contributed by atoms with E-state index in [1.807, 2.05) is 30.3 Å². The van der Waals surface area contributed by atoms with Crippen LogP contribution in [0.15, 0.2) is 36.4 Å². The highest BCUT2D eigenvalue weighted by atomic mass is 32.2. The number of nitrogens with zero attached hydrogens (tertiary/aromatic N) is 1. The number of rotatable bonds is 8. The zero-order valence-electron chi connectivity index (χ0n) is 11.7. The molecule has 0 aliphatic rings. The lowest BCUT2D eigenvalue weighted by atomic mass is 10.1. The number of aromatic nitrogens is 2. The van der Waals surface area contributed by atoms with Crippen molar-refractivity contribution in [1.29, 1.82) is 0 Å². The number of hydrogen-bond acceptors (Lipinski definition) is 4. The van der Waals surface area contributed by atoms with Crippen molar-refractivity contribution in [1.82, 2.24) is 15.5 Å². The Balaban J connectivity index is 1.80. The first-order chi connectivity index (χ1) is 10.3. The molecular formula is C15H19N3O2S. The van der Waals surface area contributed by atoms with Gasteiger partial charge < -0.3 is 10.4 Å². The van der Waals surface area contributed by atoms with Gasteiger partial charge in [0.15, 0.2) is 0 Å². The molecule has 0 aliphatic carbocycles. The quantitative estimate of drug-likeness (QED) is 0.651. The van der Waals surface area contributed by atoms with Crippen LogP contribution in [0.25, 0.3) is 11.3 Å². The molecule has 0 fully saturated rings. The Morgan fingerprint density at radius 3 is 2.86 bits per heavy atom. The lowest BCUT2D eigenvalue weighted by molar-refractivity contribution is 0.0951. The largest absolute Gasteiger partial charge is 0.396 e. The molecule has 1 aromatic heterocycles. The van der Waals surface area contributed by atoms with Crippen molar-refractivity contribution in [2.24, 2.45) is 0 Å². The number of amides is 1. The van der Waals surface area contributed by atoms with E-state index in [0.29, 0.717) is 12.2 Å². The number of carbonyl (C=O) groups excluding carboxylic acids is 1. The minimum absolute atomic E-state index is 0.146. The standard InChI is InChI=1S/C15H19N3O2S/c19-8-4-9-21-10-7-16-15(20)14-11-13(17-18-14)12-5-2-1-3-6-12/h1-3,5-6,11,19H,4,7-10H2,(H,16,20)(H,17,18). The molecule has 1 heterocycles. The van der Waals surface area contributed by atoms with Gasteiger partial charge in [-0.05, 0) is 18.2 Å². The third-order valence-corrected chi connectivity index (χ3v) is 3.94. The van der Waals surface area contributed by atoms with Crippen LogP contribution in [0, 0.1) is 0 Å². The smallest absolute Gasteiger partial charge is 0.269 e. The van der Waals surface area contributed by atoms with Crippen molar-refractivity contribution in [3.8, 4) is 11.3 Å². The van der Waals surface area contributed by atoms with Crippen molar-refractivity contribution in [2.45, 2.75) is 6.42 Å². The summed E-state index contributed by atoms with van der Waals surface area (Å²) in [6, 6.07) is 11.5. The van der Waals surface area contributed by atoms with Gasteiger partial charge in [0.05, 0.1) is 5.69 Å². The van der Waals surface area contributed by atoms with E-state index in [-0.39, 0.29) is 12.5 Å². The predicted molar refractivity (Wildman–Crippen MR) is 85.4 cm³/mol. The fourth-order valence-electron chi connectivity index (χ4n) is 1.80. The van der Waals surface area contributed by atoms with E-state index >= 15 is 0 Å². The Morgan fingerprint density at radius 1 is 1.29 bits per heavy atom. The molecule has 0 unspecified atom stereocenters. The average molecular weight is 305 g/mol. The van der Waals surface area contributed by atoms with Crippen LogP contribution in [0.3, 0.4) is 0 Å². The van der Waals surface area contributed by atoms with Gasteiger partial charge in [-0.1, -0.05) is 30.3 Å². The van der Waals surface area contributed by atoms with Crippen LogP contribution < -0.4 is 5.32 Å². The summed E-state index contributed by atoms with van der Waals surface area (Å²) in [5, 5.41) is 18.4. The van der Waals surface area contributed by atoms with Gasteiger partial charge in [0.25, 0.3) is 5.91 Å². The van der Waals surface area contributed by atoms with Crippen molar-refractivity contribution >= 4 is 17.7 Å². The Morgan fingerprint density at radius 2 is 2.10 bits per heavy atom. The van der Waals surface area contributed by atoms with E-state index in [1.165, 1.54) is 0 Å². The maximum Gasteiger partial charge on any atom is 0.269 e. The van der Waals surface area contributed by atoms with E-state index in [2.05, 4.69) is 15.5 Å². The molecule has 0 aliphatic heterocycles. The van der Waals surface area contributed by atoms with Crippen LogP contribution in [0.2, 0.25) is 0 Å². The highest BCUT2D eigenvalue weighted by Crippen LogP contribution is 2.16. The maximum absolute atomic E-state index is 11.9. The van der Waals surface area contributed by atoms with E-state index in [4.69, 9.17) is 5.11 Å². The molecule has 6 heteroatoms. The molecule has 3 N–H and O–H groups in total. The lowest BCUT2D eigenvalue weighted by Gasteiger charge is -2.02. The molecule has 2 rings (SSSR count). The minimum Gasteiger partial charge on any atom is -0.396 e. The number of H-pyrrole nitrogens is 1. The zero-order valence-corrected chi connectivity index (χ0v) is 12.5. The molecule has 21 heavy (non-hydrogen) atoms. The van der Waals surface area contributed by atoms with Gasteiger partial charge in [0.2, 0.25) is 0 Å². The molecule has 0 saturated carbocycles. The summed E-state index contributed by atoms with van der Waals surface area (Å²) in [6.07, 6.45) is 0.791. The topological polar surface area (TPSA) is 78.0 Å². The second-order valence-electron chi connectivity index (χ2n) is 4.48. The number of carbonyl (C=O) groups is 1. The summed E-state index contributed by atoms with van der Waals surface area (Å²) in [5.41, 5.74) is 2.21. The molecule has 0 spiro atoms. The van der Waals surface area contributed by atoms with E-state index in [9.17, 15) is 4.79 Å². The minimum atomic E-state index is -0.146. The second-order valence-corrected chi connectivity index (χ2v) is 5.70. The van der Waals surface area contributed by atoms with Gasteiger partial charge in [0, 0.05) is 24.5 Å². The predicted octanol–water partition coefficient (Wildman–Crippen LogP) is 1.92. The van der Waals surface area contributed by atoms with Crippen LogP contribution in [0.5, 0.6) is 0 Å². The number of nitrogens with one attached hydrogen (secondary N) is 2. The van der Waals surface area contributed by atoms with Crippen LogP contribution in [0.1, 0.15) is 16.9 Å². The second kappa shape index (κ2) is 8.49. The summed E-state index contributed by atoms with van der Waals surface area (Å²) >= 11 is 1.72. The van der Waals surface area contributed by atoms with Crippen molar-refractivity contribution in [2.75, 3.05) is 24.7 Å². The number of aromatic amines is 1. The molecule has 2 aromatic rings. The van der Waals surface area contributed by atoms with Crippen LogP contribution in [-0.4, -0.2) is 45.9 Å². The number of aliphatic hydroxyl groups excluding tert-OH is 1. The third-order valence-electron chi connectivity index (χ3n) is 2.87. The van der Waals surface area contributed by atoms with Gasteiger partial charge in [-0.2, -0.15) is 16.9 Å². The molecule has 112 valence electrons. The Kier molecular flexibility index (Phi) is 6.30.